The zero-order valence-electron chi connectivity index (χ0n) is 9.90. The molecule has 1 aromatic heterocycles. The summed E-state index contributed by atoms with van der Waals surface area (Å²) in [4.78, 5) is 16.1. The highest BCUT2D eigenvalue weighted by Gasteiger charge is 2.08. The average molecular weight is 226 g/mol. The Morgan fingerprint density at radius 2 is 1.94 bits per heavy atom. The van der Waals surface area contributed by atoms with Crippen LogP contribution < -0.4 is 5.32 Å². The molecule has 1 amide bonds. The molecule has 0 aliphatic heterocycles. The topological polar surface area (TPSA) is 42.0 Å². The second kappa shape index (κ2) is 4.78. The number of carbonyl (C=O) groups excluding carboxylic acids is 1. The molecular formula is C14H14N2O. The van der Waals surface area contributed by atoms with E-state index >= 15 is 0 Å². The molecule has 0 saturated heterocycles. The summed E-state index contributed by atoms with van der Waals surface area (Å²) in [6, 6.07) is 11.1. The molecule has 3 nitrogen and oxygen atoms in total. The van der Waals surface area contributed by atoms with Gasteiger partial charge < -0.3 is 5.32 Å². The monoisotopic (exact) mass is 226 g/mol. The lowest BCUT2D eigenvalue weighted by molar-refractivity contribution is 0.102. The Kier molecular flexibility index (Phi) is 3.19. The molecule has 2 aromatic rings. The summed E-state index contributed by atoms with van der Waals surface area (Å²) in [5, 5.41) is 2.86. The number of hydrogen-bond acceptors (Lipinski definition) is 2. The van der Waals surface area contributed by atoms with Crippen LogP contribution in [0.5, 0.6) is 0 Å². The molecule has 86 valence electrons. The maximum atomic E-state index is 12.0. The number of aryl methyl sites for hydroxylation is 2. The highest BCUT2D eigenvalue weighted by atomic mass is 16.1. The number of carbonyl (C=O) groups is 1. The SMILES string of the molecule is Cc1cc(NC(=O)c2ccccc2C)ccn1. The molecule has 1 N–H and O–H groups in total. The van der Waals surface area contributed by atoms with Gasteiger partial charge in [0.05, 0.1) is 0 Å². The first-order valence-electron chi connectivity index (χ1n) is 5.46. The Morgan fingerprint density at radius 1 is 1.18 bits per heavy atom. The predicted molar refractivity (Wildman–Crippen MR) is 68.1 cm³/mol. The summed E-state index contributed by atoms with van der Waals surface area (Å²) in [5.41, 5.74) is 3.32. The van der Waals surface area contributed by atoms with Gasteiger partial charge in [-0.2, -0.15) is 0 Å². The maximum Gasteiger partial charge on any atom is 0.255 e. The van der Waals surface area contributed by atoms with Crippen LogP contribution in [-0.4, -0.2) is 10.9 Å². The van der Waals surface area contributed by atoms with Gasteiger partial charge in [0.1, 0.15) is 0 Å². The summed E-state index contributed by atoms with van der Waals surface area (Å²) in [7, 11) is 0. The fourth-order valence-corrected chi connectivity index (χ4v) is 1.65. The Morgan fingerprint density at radius 3 is 2.65 bits per heavy atom. The molecule has 0 aliphatic rings. The number of rotatable bonds is 2. The van der Waals surface area contributed by atoms with Crippen molar-refractivity contribution in [2.24, 2.45) is 0 Å². The number of aromatic nitrogens is 1. The summed E-state index contributed by atoms with van der Waals surface area (Å²) < 4.78 is 0. The summed E-state index contributed by atoms with van der Waals surface area (Å²) >= 11 is 0. The van der Waals surface area contributed by atoms with Crippen molar-refractivity contribution in [2.45, 2.75) is 13.8 Å². The minimum atomic E-state index is -0.0892. The Labute approximate surface area is 101 Å². The Balaban J connectivity index is 2.20. The fraction of sp³-hybridized carbons (Fsp3) is 0.143. The first-order valence-corrected chi connectivity index (χ1v) is 5.46. The van der Waals surface area contributed by atoms with Crippen molar-refractivity contribution in [2.75, 3.05) is 5.32 Å². The van der Waals surface area contributed by atoms with Crippen LogP contribution in [0.1, 0.15) is 21.6 Å². The predicted octanol–water partition coefficient (Wildman–Crippen LogP) is 2.95. The van der Waals surface area contributed by atoms with Gasteiger partial charge in [0.25, 0.3) is 5.91 Å². The van der Waals surface area contributed by atoms with E-state index in [1.807, 2.05) is 44.2 Å². The van der Waals surface area contributed by atoms with Gasteiger partial charge in [-0.25, -0.2) is 0 Å². The summed E-state index contributed by atoms with van der Waals surface area (Å²) in [5.74, 6) is -0.0892. The van der Waals surface area contributed by atoms with E-state index in [0.29, 0.717) is 5.56 Å². The second-order valence-corrected chi connectivity index (χ2v) is 3.95. The van der Waals surface area contributed by atoms with E-state index in [1.165, 1.54) is 0 Å². The van der Waals surface area contributed by atoms with Gasteiger partial charge in [-0.05, 0) is 37.6 Å². The highest BCUT2D eigenvalue weighted by Crippen LogP contribution is 2.12. The van der Waals surface area contributed by atoms with E-state index in [4.69, 9.17) is 0 Å². The van der Waals surface area contributed by atoms with E-state index in [9.17, 15) is 4.79 Å². The van der Waals surface area contributed by atoms with E-state index in [-0.39, 0.29) is 5.91 Å². The van der Waals surface area contributed by atoms with E-state index in [0.717, 1.165) is 16.9 Å². The first-order chi connectivity index (χ1) is 8.16. The molecule has 0 aliphatic carbocycles. The quantitative estimate of drug-likeness (QED) is 0.855. The van der Waals surface area contributed by atoms with Crippen LogP contribution >= 0.6 is 0 Å². The van der Waals surface area contributed by atoms with Crippen molar-refractivity contribution in [3.8, 4) is 0 Å². The van der Waals surface area contributed by atoms with Crippen molar-refractivity contribution in [1.29, 1.82) is 0 Å². The molecule has 0 fully saturated rings. The number of nitrogens with zero attached hydrogens (tertiary/aromatic N) is 1. The lowest BCUT2D eigenvalue weighted by Gasteiger charge is -2.07. The van der Waals surface area contributed by atoms with Gasteiger partial charge >= 0.3 is 0 Å². The number of anilines is 1. The van der Waals surface area contributed by atoms with Crippen LogP contribution in [0.15, 0.2) is 42.6 Å². The van der Waals surface area contributed by atoms with Crippen LogP contribution in [0.3, 0.4) is 0 Å². The number of hydrogen-bond donors (Lipinski definition) is 1. The van der Waals surface area contributed by atoms with Crippen LogP contribution in [0.25, 0.3) is 0 Å². The molecule has 1 aromatic carbocycles. The number of amides is 1. The first kappa shape index (κ1) is 11.3. The van der Waals surface area contributed by atoms with Crippen LogP contribution in [0.2, 0.25) is 0 Å². The van der Waals surface area contributed by atoms with Gasteiger partial charge in [0.2, 0.25) is 0 Å². The van der Waals surface area contributed by atoms with Gasteiger partial charge in [-0.1, -0.05) is 18.2 Å². The van der Waals surface area contributed by atoms with Crippen LogP contribution in [0.4, 0.5) is 5.69 Å². The molecule has 0 unspecified atom stereocenters. The minimum absolute atomic E-state index is 0.0892. The normalized spacial score (nSPS) is 10.0. The van der Waals surface area contributed by atoms with Crippen molar-refractivity contribution in [1.82, 2.24) is 4.98 Å². The second-order valence-electron chi connectivity index (χ2n) is 3.95. The standard InChI is InChI=1S/C14H14N2O/c1-10-5-3-4-6-13(10)14(17)16-12-7-8-15-11(2)9-12/h3-9H,1-2H3,(H,15,16,17). The summed E-state index contributed by atoms with van der Waals surface area (Å²) in [6.45, 7) is 3.82. The van der Waals surface area contributed by atoms with Crippen LogP contribution in [-0.2, 0) is 0 Å². The third-order valence-electron chi connectivity index (χ3n) is 2.54. The van der Waals surface area contributed by atoms with Gasteiger partial charge in [0, 0.05) is 23.1 Å². The molecule has 0 atom stereocenters. The fourth-order valence-electron chi connectivity index (χ4n) is 1.65. The number of benzene rings is 1. The zero-order valence-corrected chi connectivity index (χ0v) is 9.90. The third kappa shape index (κ3) is 2.69. The maximum absolute atomic E-state index is 12.0. The molecule has 3 heteroatoms. The smallest absolute Gasteiger partial charge is 0.255 e. The summed E-state index contributed by atoms with van der Waals surface area (Å²) in [6.07, 6.45) is 1.68. The third-order valence-corrected chi connectivity index (χ3v) is 2.54. The molecule has 1 heterocycles. The highest BCUT2D eigenvalue weighted by molar-refractivity contribution is 6.05. The van der Waals surface area contributed by atoms with E-state index in [2.05, 4.69) is 10.3 Å². The Hall–Kier alpha value is -2.16. The van der Waals surface area contributed by atoms with Crippen LogP contribution in [0, 0.1) is 13.8 Å². The molecule has 0 spiro atoms. The lowest BCUT2D eigenvalue weighted by atomic mass is 10.1. The molecule has 0 bridgehead atoms. The van der Waals surface area contributed by atoms with Gasteiger partial charge in [-0.3, -0.25) is 9.78 Å². The number of pyridine rings is 1. The van der Waals surface area contributed by atoms with E-state index in [1.54, 1.807) is 12.3 Å². The van der Waals surface area contributed by atoms with Gasteiger partial charge in [-0.15, -0.1) is 0 Å². The van der Waals surface area contributed by atoms with Crippen molar-refractivity contribution in [3.63, 3.8) is 0 Å². The largest absolute Gasteiger partial charge is 0.322 e. The van der Waals surface area contributed by atoms with Crippen molar-refractivity contribution in [3.05, 3.63) is 59.4 Å². The molecule has 2 rings (SSSR count). The molecule has 0 radical (unpaired) electrons. The lowest BCUT2D eigenvalue weighted by Crippen LogP contribution is -2.13. The average Bonchev–Trinajstić information content (AvgIpc) is 2.29. The molecular weight excluding hydrogens is 212 g/mol. The van der Waals surface area contributed by atoms with Gasteiger partial charge in [0.15, 0.2) is 0 Å². The number of nitrogens with one attached hydrogen (secondary N) is 1. The van der Waals surface area contributed by atoms with E-state index < -0.39 is 0 Å². The molecule has 0 saturated carbocycles. The zero-order chi connectivity index (χ0) is 12.3. The molecule has 17 heavy (non-hydrogen) atoms. The van der Waals surface area contributed by atoms with Crippen molar-refractivity contribution < 1.29 is 4.79 Å². The minimum Gasteiger partial charge on any atom is -0.322 e. The Bertz CT molecular complexity index is 549. The van der Waals surface area contributed by atoms with Crippen molar-refractivity contribution >= 4 is 11.6 Å².